The summed E-state index contributed by atoms with van der Waals surface area (Å²) < 4.78 is 46.9. The van der Waals surface area contributed by atoms with E-state index in [1.807, 2.05) is 13.8 Å². The van der Waals surface area contributed by atoms with E-state index < -0.39 is 16.1 Å². The fourth-order valence-electron chi connectivity index (χ4n) is 5.54. The number of benzene rings is 2. The van der Waals surface area contributed by atoms with Crippen molar-refractivity contribution in [1.82, 2.24) is 9.80 Å². The normalized spacial score (nSPS) is 22.9. The van der Waals surface area contributed by atoms with Crippen LogP contribution >= 0.6 is 0 Å². The number of likely N-dealkylation sites (N-methyl/N-ethyl adjacent to an activating group) is 1. The van der Waals surface area contributed by atoms with E-state index in [2.05, 4.69) is 23.6 Å². The van der Waals surface area contributed by atoms with Crippen molar-refractivity contribution in [2.24, 2.45) is 11.8 Å². The number of sulfonamides is 1. The molecular weight excluding hydrogens is 582 g/mol. The summed E-state index contributed by atoms with van der Waals surface area (Å²) >= 11 is 0. The lowest BCUT2D eigenvalue weighted by atomic mass is 10.0. The Morgan fingerprint density at radius 3 is 2.48 bits per heavy atom. The van der Waals surface area contributed by atoms with Crippen LogP contribution in [-0.2, 0) is 14.8 Å². The van der Waals surface area contributed by atoms with Gasteiger partial charge in [-0.25, -0.2) is 8.42 Å². The van der Waals surface area contributed by atoms with Crippen LogP contribution in [0.25, 0.3) is 0 Å². The summed E-state index contributed by atoms with van der Waals surface area (Å²) in [7, 11) is -0.300. The fourth-order valence-corrected chi connectivity index (χ4v) is 6.59. The molecule has 244 valence electrons. The molecule has 1 fully saturated rings. The number of rotatable bonds is 10. The Labute approximate surface area is 262 Å². The highest BCUT2D eigenvalue weighted by Crippen LogP contribution is 2.31. The summed E-state index contributed by atoms with van der Waals surface area (Å²) in [6.07, 6.45) is 4.89. The number of hydrogen-bond donors (Lipinski definition) is 2. The first-order valence-electron chi connectivity index (χ1n) is 15.7. The van der Waals surface area contributed by atoms with Gasteiger partial charge in [0, 0.05) is 37.8 Å². The summed E-state index contributed by atoms with van der Waals surface area (Å²) in [5.41, 5.74) is 0.470. The number of aliphatic hydroxyl groups excluding tert-OH is 1. The minimum absolute atomic E-state index is 0.0161. The number of methoxy groups -OCH3 is 1. The Morgan fingerprint density at radius 1 is 1.09 bits per heavy atom. The van der Waals surface area contributed by atoms with Crippen LogP contribution in [0.5, 0.6) is 11.5 Å². The van der Waals surface area contributed by atoms with E-state index >= 15 is 0 Å². The van der Waals surface area contributed by atoms with Gasteiger partial charge in [0.25, 0.3) is 15.9 Å². The number of ether oxygens (including phenoxy) is 3. The molecule has 2 aromatic rings. The molecule has 1 amide bonds. The number of aliphatic hydroxyl groups is 1. The lowest BCUT2D eigenvalue weighted by Crippen LogP contribution is -2.47. The van der Waals surface area contributed by atoms with Crippen LogP contribution in [0.2, 0.25) is 0 Å². The maximum atomic E-state index is 14.3. The number of anilines is 1. The molecule has 4 atom stereocenters. The molecule has 0 aromatic heterocycles. The molecule has 4 rings (SSSR count). The van der Waals surface area contributed by atoms with E-state index in [0.29, 0.717) is 24.7 Å². The Hall–Kier alpha value is -2.86. The Kier molecular flexibility index (Phi) is 11.9. The number of fused-ring (bicyclic) bond motifs is 1. The number of carbonyl (C=O) groups excluding carboxylic acids is 1. The van der Waals surface area contributed by atoms with Gasteiger partial charge in [-0.05, 0) is 101 Å². The second-order valence-electron chi connectivity index (χ2n) is 12.5. The zero-order chi connectivity index (χ0) is 31.9. The van der Waals surface area contributed by atoms with Crippen LogP contribution in [0, 0.1) is 11.8 Å². The molecule has 1 saturated carbocycles. The van der Waals surface area contributed by atoms with Crippen LogP contribution in [0.4, 0.5) is 5.69 Å². The Morgan fingerprint density at radius 2 is 1.82 bits per heavy atom. The van der Waals surface area contributed by atoms with Crippen LogP contribution in [0.3, 0.4) is 0 Å². The highest BCUT2D eigenvalue weighted by Gasteiger charge is 2.31. The summed E-state index contributed by atoms with van der Waals surface area (Å²) in [5, 5.41) is 10.2. The quantitative estimate of drug-likeness (QED) is 0.390. The lowest BCUT2D eigenvalue weighted by molar-refractivity contribution is -0.0172. The number of amides is 1. The number of nitrogens with zero attached hydrogens (tertiary/aromatic N) is 2. The minimum Gasteiger partial charge on any atom is -0.497 e. The topological polar surface area (TPSA) is 118 Å². The molecular formula is C33H49N3O7S. The number of hydrogen-bond acceptors (Lipinski definition) is 8. The minimum atomic E-state index is -3.94. The molecule has 2 aromatic carbocycles. The second-order valence-corrected chi connectivity index (χ2v) is 14.1. The molecule has 0 spiro atoms. The van der Waals surface area contributed by atoms with Crippen molar-refractivity contribution >= 4 is 21.6 Å². The van der Waals surface area contributed by atoms with Crippen molar-refractivity contribution in [3.05, 3.63) is 48.0 Å². The van der Waals surface area contributed by atoms with Gasteiger partial charge in [0.1, 0.15) is 11.5 Å². The monoisotopic (exact) mass is 631 g/mol. The van der Waals surface area contributed by atoms with E-state index in [9.17, 15) is 18.3 Å². The Bertz CT molecular complexity index is 1330. The van der Waals surface area contributed by atoms with Gasteiger partial charge >= 0.3 is 0 Å². The highest BCUT2D eigenvalue weighted by atomic mass is 32.2. The van der Waals surface area contributed by atoms with E-state index in [0.717, 1.165) is 38.3 Å². The van der Waals surface area contributed by atoms with Gasteiger partial charge in [-0.2, -0.15) is 0 Å². The molecule has 10 nitrogen and oxygen atoms in total. The van der Waals surface area contributed by atoms with E-state index in [4.69, 9.17) is 14.2 Å². The van der Waals surface area contributed by atoms with E-state index in [1.54, 1.807) is 29.2 Å². The number of carbonyl (C=O) groups is 1. The van der Waals surface area contributed by atoms with Gasteiger partial charge in [0.2, 0.25) is 0 Å². The van der Waals surface area contributed by atoms with Crippen molar-refractivity contribution in [2.75, 3.05) is 51.7 Å². The second kappa shape index (κ2) is 15.4. The molecule has 1 aliphatic heterocycles. The maximum Gasteiger partial charge on any atom is 0.261 e. The Balaban J connectivity index is 1.65. The summed E-state index contributed by atoms with van der Waals surface area (Å²) in [6.45, 7) is 8.44. The molecule has 2 N–H and O–H groups in total. The smallest absolute Gasteiger partial charge is 0.261 e. The van der Waals surface area contributed by atoms with Crippen molar-refractivity contribution in [1.29, 1.82) is 0 Å². The van der Waals surface area contributed by atoms with E-state index in [-0.39, 0.29) is 46.8 Å². The van der Waals surface area contributed by atoms with Crippen LogP contribution in [0.15, 0.2) is 47.4 Å². The largest absolute Gasteiger partial charge is 0.497 e. The molecule has 0 radical (unpaired) electrons. The standard InChI is InChI=1S/C33H49N3O7S/c1-23-19-36(24(2)22-37)33(38)30-18-27(34-44(39,40)29-14-12-28(41-5)13-15-29)11-16-31(30)43-25(3)8-6-7-17-42-32(23)21-35(4)20-26-9-10-26/h11-16,18,23-26,32,34,37H,6-10,17,19-22H2,1-5H3/t23-,24+,25+,32-/m0/s1. The molecule has 1 aliphatic carbocycles. The molecule has 0 unspecified atom stereocenters. The molecule has 1 heterocycles. The van der Waals surface area contributed by atoms with Gasteiger partial charge < -0.3 is 29.1 Å². The molecule has 0 bridgehead atoms. The number of nitrogens with one attached hydrogen (secondary N) is 1. The first-order chi connectivity index (χ1) is 21.0. The van der Waals surface area contributed by atoms with Crippen LogP contribution in [-0.4, -0.2) is 94.5 Å². The first kappa shape index (κ1) is 34.0. The van der Waals surface area contributed by atoms with Crippen molar-refractivity contribution in [3.8, 4) is 11.5 Å². The predicted molar refractivity (Wildman–Crippen MR) is 171 cm³/mol. The highest BCUT2D eigenvalue weighted by molar-refractivity contribution is 7.92. The molecule has 44 heavy (non-hydrogen) atoms. The average Bonchev–Trinajstić information content (AvgIpc) is 3.82. The summed E-state index contributed by atoms with van der Waals surface area (Å²) in [5.74, 6) is 1.33. The van der Waals surface area contributed by atoms with Gasteiger partial charge in [-0.3, -0.25) is 9.52 Å². The van der Waals surface area contributed by atoms with E-state index in [1.165, 1.54) is 38.2 Å². The van der Waals surface area contributed by atoms with Crippen molar-refractivity contribution in [2.45, 2.75) is 76.0 Å². The van der Waals surface area contributed by atoms with Crippen molar-refractivity contribution in [3.63, 3.8) is 0 Å². The van der Waals surface area contributed by atoms with Gasteiger partial charge in [-0.1, -0.05) is 6.92 Å². The third-order valence-corrected chi connectivity index (χ3v) is 9.83. The average molecular weight is 632 g/mol. The van der Waals surface area contributed by atoms with Crippen molar-refractivity contribution < 1.29 is 32.5 Å². The van der Waals surface area contributed by atoms with Crippen LogP contribution < -0.4 is 14.2 Å². The summed E-state index contributed by atoms with van der Waals surface area (Å²) in [4.78, 5) is 18.3. The molecule has 0 saturated heterocycles. The third kappa shape index (κ3) is 9.32. The fraction of sp³-hybridized carbons (Fsp3) is 0.606. The van der Waals surface area contributed by atoms with Gasteiger partial charge in [-0.15, -0.1) is 0 Å². The molecule has 11 heteroatoms. The summed E-state index contributed by atoms with van der Waals surface area (Å²) in [6, 6.07) is 10.4. The van der Waals surface area contributed by atoms with Gasteiger partial charge in [0.15, 0.2) is 0 Å². The van der Waals surface area contributed by atoms with Gasteiger partial charge in [0.05, 0.1) is 42.4 Å². The zero-order valence-electron chi connectivity index (χ0n) is 26.7. The van der Waals surface area contributed by atoms with Crippen LogP contribution in [0.1, 0.15) is 63.2 Å². The predicted octanol–water partition coefficient (Wildman–Crippen LogP) is 4.63. The lowest BCUT2D eigenvalue weighted by Gasteiger charge is -2.36. The zero-order valence-corrected chi connectivity index (χ0v) is 27.5. The SMILES string of the molecule is COc1ccc(S(=O)(=O)Nc2ccc3c(c2)C(=O)N([C@H](C)CO)C[C@H](C)[C@H](CN(C)CC2CC2)OCCCC[C@@H](C)O3)cc1. The molecule has 2 aliphatic rings. The maximum absolute atomic E-state index is 14.3. The third-order valence-electron chi connectivity index (χ3n) is 8.43. The first-order valence-corrected chi connectivity index (χ1v) is 17.2.